The molecule has 0 bridgehead atoms. The Labute approximate surface area is 120 Å². The second-order valence-corrected chi connectivity index (χ2v) is 5.58. The van der Waals surface area contributed by atoms with Crippen molar-refractivity contribution < 1.29 is 4.79 Å². The van der Waals surface area contributed by atoms with Gasteiger partial charge in [0.15, 0.2) is 5.78 Å². The average molecular weight is 271 g/mol. The molecule has 1 aliphatic rings. The molecule has 0 aliphatic carbocycles. The van der Waals surface area contributed by atoms with E-state index in [2.05, 4.69) is 30.0 Å². The van der Waals surface area contributed by atoms with Crippen LogP contribution in [0.1, 0.15) is 28.8 Å². The fourth-order valence-corrected chi connectivity index (χ4v) is 2.62. The van der Waals surface area contributed by atoms with E-state index in [0.29, 0.717) is 23.7 Å². The monoisotopic (exact) mass is 271 g/mol. The third kappa shape index (κ3) is 3.66. The van der Waals surface area contributed by atoms with Crippen molar-refractivity contribution in [1.82, 2.24) is 9.80 Å². The van der Waals surface area contributed by atoms with Crippen LogP contribution >= 0.6 is 0 Å². The molecule has 0 radical (unpaired) electrons. The Bertz CT molecular complexity index is 493. The molecule has 0 saturated carbocycles. The topological polar surface area (TPSA) is 47.3 Å². The SMILES string of the molecule is CN(C)C1CCN(CC(=O)c2ccc(C#N)cc2)CC1. The smallest absolute Gasteiger partial charge is 0.176 e. The Balaban J connectivity index is 1.87. The van der Waals surface area contributed by atoms with Crippen molar-refractivity contribution in [3.63, 3.8) is 0 Å². The quantitative estimate of drug-likeness (QED) is 0.783. The lowest BCUT2D eigenvalue weighted by Crippen LogP contribution is -2.43. The molecule has 1 aromatic rings. The summed E-state index contributed by atoms with van der Waals surface area (Å²) in [5.41, 5.74) is 1.28. The minimum Gasteiger partial charge on any atom is -0.306 e. The van der Waals surface area contributed by atoms with Gasteiger partial charge in [0, 0.05) is 24.7 Å². The van der Waals surface area contributed by atoms with Gasteiger partial charge in [-0.3, -0.25) is 9.69 Å². The number of Topliss-reactive ketones (excluding diaryl/α,β-unsaturated/α-hetero) is 1. The van der Waals surface area contributed by atoms with Gasteiger partial charge >= 0.3 is 0 Å². The van der Waals surface area contributed by atoms with E-state index < -0.39 is 0 Å². The van der Waals surface area contributed by atoms with Crippen molar-refractivity contribution in [1.29, 1.82) is 5.26 Å². The van der Waals surface area contributed by atoms with Gasteiger partial charge in [-0.2, -0.15) is 5.26 Å². The fraction of sp³-hybridized carbons (Fsp3) is 0.500. The number of hydrogen-bond acceptors (Lipinski definition) is 4. The first-order valence-corrected chi connectivity index (χ1v) is 7.02. The van der Waals surface area contributed by atoms with E-state index in [4.69, 9.17) is 5.26 Å². The lowest BCUT2D eigenvalue weighted by Gasteiger charge is -2.34. The number of carbonyl (C=O) groups excluding carboxylic acids is 1. The summed E-state index contributed by atoms with van der Waals surface area (Å²) < 4.78 is 0. The zero-order chi connectivity index (χ0) is 14.5. The number of ketones is 1. The number of likely N-dealkylation sites (tertiary alicyclic amines) is 1. The number of hydrogen-bond donors (Lipinski definition) is 0. The Morgan fingerprint density at radius 2 is 1.90 bits per heavy atom. The van der Waals surface area contributed by atoms with Crippen LogP contribution in [0.5, 0.6) is 0 Å². The molecule has 0 spiro atoms. The number of nitriles is 1. The van der Waals surface area contributed by atoms with E-state index in [1.807, 2.05) is 0 Å². The van der Waals surface area contributed by atoms with Crippen molar-refractivity contribution in [3.8, 4) is 6.07 Å². The second-order valence-electron chi connectivity index (χ2n) is 5.58. The molecule has 0 aromatic heterocycles. The summed E-state index contributed by atoms with van der Waals surface area (Å²) in [4.78, 5) is 16.7. The number of rotatable bonds is 4. The maximum absolute atomic E-state index is 12.2. The minimum atomic E-state index is 0.137. The van der Waals surface area contributed by atoms with E-state index in [1.165, 1.54) is 0 Å². The van der Waals surface area contributed by atoms with E-state index >= 15 is 0 Å². The highest BCUT2D eigenvalue weighted by Gasteiger charge is 2.22. The zero-order valence-corrected chi connectivity index (χ0v) is 12.2. The standard InChI is InChI=1S/C16H21N3O/c1-18(2)15-7-9-19(10-8-15)12-16(20)14-5-3-13(11-17)4-6-14/h3-6,15H,7-10,12H2,1-2H3. The van der Waals surface area contributed by atoms with Crippen LogP contribution < -0.4 is 0 Å². The maximum Gasteiger partial charge on any atom is 0.176 e. The van der Waals surface area contributed by atoms with Crippen molar-refractivity contribution in [2.75, 3.05) is 33.7 Å². The summed E-state index contributed by atoms with van der Waals surface area (Å²) in [6, 6.07) is 9.59. The third-order valence-corrected chi connectivity index (χ3v) is 3.99. The van der Waals surface area contributed by atoms with Gasteiger partial charge in [0.2, 0.25) is 0 Å². The first-order valence-electron chi connectivity index (χ1n) is 7.02. The lowest BCUT2D eigenvalue weighted by molar-refractivity contribution is 0.0874. The van der Waals surface area contributed by atoms with Crippen molar-refractivity contribution in [2.45, 2.75) is 18.9 Å². The van der Waals surface area contributed by atoms with Gasteiger partial charge in [-0.1, -0.05) is 12.1 Å². The maximum atomic E-state index is 12.2. The summed E-state index contributed by atoms with van der Waals surface area (Å²) in [5.74, 6) is 0.137. The van der Waals surface area contributed by atoms with E-state index in [0.717, 1.165) is 25.9 Å². The van der Waals surface area contributed by atoms with Gasteiger partial charge in [-0.25, -0.2) is 0 Å². The van der Waals surface area contributed by atoms with Gasteiger partial charge in [-0.15, -0.1) is 0 Å². The molecular weight excluding hydrogens is 250 g/mol. The highest BCUT2D eigenvalue weighted by atomic mass is 16.1. The fourth-order valence-electron chi connectivity index (χ4n) is 2.62. The highest BCUT2D eigenvalue weighted by molar-refractivity contribution is 5.97. The van der Waals surface area contributed by atoms with E-state index in [9.17, 15) is 4.79 Å². The van der Waals surface area contributed by atoms with Crippen LogP contribution in [0, 0.1) is 11.3 Å². The van der Waals surface area contributed by atoms with Crippen LogP contribution in [0.15, 0.2) is 24.3 Å². The van der Waals surface area contributed by atoms with Gasteiger partial charge in [0.05, 0.1) is 18.2 Å². The molecule has 0 amide bonds. The normalized spacial score (nSPS) is 17.1. The molecule has 1 heterocycles. The molecule has 106 valence electrons. The van der Waals surface area contributed by atoms with E-state index in [-0.39, 0.29) is 5.78 Å². The van der Waals surface area contributed by atoms with Crippen molar-refractivity contribution in [3.05, 3.63) is 35.4 Å². The molecule has 2 rings (SSSR count). The molecule has 0 atom stereocenters. The molecule has 0 unspecified atom stereocenters. The average Bonchev–Trinajstić information content (AvgIpc) is 2.48. The summed E-state index contributed by atoms with van der Waals surface area (Å²) >= 11 is 0. The number of nitrogens with zero attached hydrogens (tertiary/aromatic N) is 3. The van der Waals surface area contributed by atoms with Crippen LogP contribution in [0.3, 0.4) is 0 Å². The molecule has 1 saturated heterocycles. The van der Waals surface area contributed by atoms with Crippen LogP contribution in [0.2, 0.25) is 0 Å². The Morgan fingerprint density at radius 1 is 1.30 bits per heavy atom. The van der Waals surface area contributed by atoms with Gasteiger partial charge in [0.1, 0.15) is 0 Å². The van der Waals surface area contributed by atoms with Crippen LogP contribution in [0.4, 0.5) is 0 Å². The molecule has 4 heteroatoms. The van der Waals surface area contributed by atoms with E-state index in [1.54, 1.807) is 24.3 Å². The number of carbonyl (C=O) groups is 1. The van der Waals surface area contributed by atoms with Gasteiger partial charge < -0.3 is 4.90 Å². The molecule has 1 fully saturated rings. The van der Waals surface area contributed by atoms with Crippen molar-refractivity contribution in [2.24, 2.45) is 0 Å². The predicted octanol–water partition coefficient (Wildman–Crippen LogP) is 1.77. The summed E-state index contributed by atoms with van der Waals surface area (Å²) in [7, 11) is 4.23. The predicted molar refractivity (Wildman–Crippen MR) is 78.6 cm³/mol. The molecule has 1 aromatic carbocycles. The molecule has 1 aliphatic heterocycles. The number of piperidine rings is 1. The Hall–Kier alpha value is -1.70. The third-order valence-electron chi connectivity index (χ3n) is 3.99. The summed E-state index contributed by atoms with van der Waals surface area (Å²) in [5, 5.41) is 8.75. The van der Waals surface area contributed by atoms with Crippen molar-refractivity contribution >= 4 is 5.78 Å². The molecule has 4 nitrogen and oxygen atoms in total. The van der Waals surface area contributed by atoms with Crippen LogP contribution in [-0.2, 0) is 0 Å². The van der Waals surface area contributed by atoms with Crippen LogP contribution in [-0.4, -0.2) is 55.4 Å². The molecule has 20 heavy (non-hydrogen) atoms. The molecule has 0 N–H and O–H groups in total. The molecular formula is C16H21N3O. The van der Waals surface area contributed by atoms with Gasteiger partial charge in [0.25, 0.3) is 0 Å². The minimum absolute atomic E-state index is 0.137. The first-order chi connectivity index (χ1) is 9.60. The zero-order valence-electron chi connectivity index (χ0n) is 12.2. The lowest BCUT2D eigenvalue weighted by atomic mass is 10.0. The largest absolute Gasteiger partial charge is 0.306 e. The summed E-state index contributed by atoms with van der Waals surface area (Å²) in [6.07, 6.45) is 2.24. The second kappa shape index (κ2) is 6.65. The summed E-state index contributed by atoms with van der Waals surface area (Å²) in [6.45, 7) is 2.43. The Kier molecular flexibility index (Phi) is 4.89. The van der Waals surface area contributed by atoms with Gasteiger partial charge in [-0.05, 0) is 39.1 Å². The van der Waals surface area contributed by atoms with Crippen LogP contribution in [0.25, 0.3) is 0 Å². The first kappa shape index (κ1) is 14.7. The number of benzene rings is 1. The Morgan fingerprint density at radius 3 is 2.40 bits per heavy atom. The highest BCUT2D eigenvalue weighted by Crippen LogP contribution is 2.15.